The lowest BCUT2D eigenvalue weighted by Gasteiger charge is -2.24. The van der Waals surface area contributed by atoms with Gasteiger partial charge in [-0.1, -0.05) is 24.3 Å². The van der Waals surface area contributed by atoms with Crippen molar-refractivity contribution in [2.75, 3.05) is 13.7 Å². The molecule has 0 aromatic carbocycles. The molecule has 1 atom stereocenters. The van der Waals surface area contributed by atoms with Crippen LogP contribution in [0.15, 0.2) is 35.5 Å². The van der Waals surface area contributed by atoms with Gasteiger partial charge in [0.05, 0.1) is 7.11 Å². The fourth-order valence-electron chi connectivity index (χ4n) is 1.96. The first-order valence-corrected chi connectivity index (χ1v) is 5.16. The Hall–Kier alpha value is -1.35. The van der Waals surface area contributed by atoms with Crippen LogP contribution in [0.3, 0.4) is 0 Å². The van der Waals surface area contributed by atoms with E-state index in [-0.39, 0.29) is 12.0 Å². The van der Waals surface area contributed by atoms with E-state index in [1.807, 2.05) is 12.2 Å². The number of carbonyl (C=O) groups excluding carboxylic acids is 1. The van der Waals surface area contributed by atoms with Crippen molar-refractivity contribution in [2.24, 2.45) is 0 Å². The molecule has 0 saturated heterocycles. The van der Waals surface area contributed by atoms with E-state index in [4.69, 9.17) is 4.74 Å². The summed E-state index contributed by atoms with van der Waals surface area (Å²) in [6, 6.07) is -0.184. The molecular weight excluding hydrogens is 190 g/mol. The lowest BCUT2D eigenvalue weighted by molar-refractivity contribution is -0.143. The van der Waals surface area contributed by atoms with Gasteiger partial charge in [-0.2, -0.15) is 0 Å². The lowest BCUT2D eigenvalue weighted by atomic mass is 9.94. The van der Waals surface area contributed by atoms with Crippen LogP contribution in [0.5, 0.6) is 0 Å². The molecule has 3 nitrogen and oxygen atoms in total. The Morgan fingerprint density at radius 2 is 2.40 bits per heavy atom. The van der Waals surface area contributed by atoms with Crippen LogP contribution in [0, 0.1) is 0 Å². The van der Waals surface area contributed by atoms with Gasteiger partial charge in [-0.05, 0) is 24.0 Å². The molecular formula is C12H15NO2. The number of ether oxygens (including phenoxy) is 1. The molecule has 0 radical (unpaired) electrons. The summed E-state index contributed by atoms with van der Waals surface area (Å²) in [5.74, 6) is -0.174. The van der Waals surface area contributed by atoms with Crippen LogP contribution in [0.1, 0.15) is 12.8 Å². The first-order valence-electron chi connectivity index (χ1n) is 5.16. The molecule has 0 aromatic rings. The highest BCUT2D eigenvalue weighted by Gasteiger charge is 2.25. The van der Waals surface area contributed by atoms with Gasteiger partial charge in [0.2, 0.25) is 0 Å². The Morgan fingerprint density at radius 1 is 1.53 bits per heavy atom. The quantitative estimate of drug-likeness (QED) is 0.656. The summed E-state index contributed by atoms with van der Waals surface area (Å²) in [7, 11) is 1.43. The average Bonchev–Trinajstić information content (AvgIpc) is 2.51. The van der Waals surface area contributed by atoms with Crippen LogP contribution < -0.4 is 5.32 Å². The standard InChI is InChI=1S/C12H15NO2/c1-15-12(14)11-7-9-5-3-2-4-6-10(9)8-13-11/h2-5,11,13H,6-8H2,1H3. The molecule has 1 N–H and O–H groups in total. The molecule has 1 heterocycles. The van der Waals surface area contributed by atoms with E-state index >= 15 is 0 Å². The summed E-state index contributed by atoms with van der Waals surface area (Å²) >= 11 is 0. The molecule has 3 heteroatoms. The minimum Gasteiger partial charge on any atom is -0.468 e. The molecule has 1 unspecified atom stereocenters. The molecule has 0 aromatic heterocycles. The zero-order chi connectivity index (χ0) is 10.7. The molecule has 1 aliphatic heterocycles. The molecule has 0 amide bonds. The minimum atomic E-state index is -0.184. The number of rotatable bonds is 1. The lowest BCUT2D eigenvalue weighted by Crippen LogP contribution is -2.42. The fourth-order valence-corrected chi connectivity index (χ4v) is 1.96. The highest BCUT2D eigenvalue weighted by atomic mass is 16.5. The smallest absolute Gasteiger partial charge is 0.323 e. The maximum Gasteiger partial charge on any atom is 0.323 e. The van der Waals surface area contributed by atoms with Crippen molar-refractivity contribution in [3.05, 3.63) is 35.5 Å². The van der Waals surface area contributed by atoms with Crippen LogP contribution in [-0.2, 0) is 9.53 Å². The molecule has 0 bridgehead atoms. The summed E-state index contributed by atoms with van der Waals surface area (Å²) in [6.07, 6.45) is 10.0. The number of hydrogen-bond acceptors (Lipinski definition) is 3. The van der Waals surface area contributed by atoms with E-state index in [1.54, 1.807) is 0 Å². The number of hydrogen-bond donors (Lipinski definition) is 1. The molecule has 2 aliphatic rings. The summed E-state index contributed by atoms with van der Waals surface area (Å²) in [5, 5.41) is 3.20. The van der Waals surface area contributed by atoms with Gasteiger partial charge in [0.25, 0.3) is 0 Å². The van der Waals surface area contributed by atoms with Gasteiger partial charge in [-0.25, -0.2) is 0 Å². The highest BCUT2D eigenvalue weighted by molar-refractivity contribution is 5.76. The maximum atomic E-state index is 11.4. The van der Waals surface area contributed by atoms with Gasteiger partial charge < -0.3 is 10.1 Å². The van der Waals surface area contributed by atoms with Gasteiger partial charge in [-0.15, -0.1) is 0 Å². The average molecular weight is 205 g/mol. The molecule has 0 fully saturated rings. The number of allylic oxidation sites excluding steroid dienone is 4. The Bertz CT molecular complexity index is 353. The van der Waals surface area contributed by atoms with Crippen LogP contribution >= 0.6 is 0 Å². The monoisotopic (exact) mass is 205 g/mol. The molecule has 15 heavy (non-hydrogen) atoms. The van der Waals surface area contributed by atoms with Crippen molar-refractivity contribution in [3.8, 4) is 0 Å². The number of carbonyl (C=O) groups is 1. The maximum absolute atomic E-state index is 11.4. The largest absolute Gasteiger partial charge is 0.468 e. The van der Waals surface area contributed by atoms with Crippen molar-refractivity contribution < 1.29 is 9.53 Å². The van der Waals surface area contributed by atoms with E-state index < -0.39 is 0 Å². The van der Waals surface area contributed by atoms with Gasteiger partial charge in [0.15, 0.2) is 0 Å². The van der Waals surface area contributed by atoms with Gasteiger partial charge in [0, 0.05) is 6.54 Å². The van der Waals surface area contributed by atoms with E-state index in [9.17, 15) is 4.79 Å². The third-order valence-corrected chi connectivity index (χ3v) is 2.83. The number of methoxy groups -OCH3 is 1. The molecule has 0 saturated carbocycles. The zero-order valence-corrected chi connectivity index (χ0v) is 8.82. The molecule has 0 spiro atoms. The predicted octanol–water partition coefficient (Wildman–Crippen LogP) is 1.33. The minimum absolute atomic E-state index is 0.174. The van der Waals surface area contributed by atoms with Crippen molar-refractivity contribution in [3.63, 3.8) is 0 Å². The van der Waals surface area contributed by atoms with E-state index in [1.165, 1.54) is 18.3 Å². The predicted molar refractivity (Wildman–Crippen MR) is 58.3 cm³/mol. The van der Waals surface area contributed by atoms with E-state index in [2.05, 4.69) is 17.5 Å². The third kappa shape index (κ3) is 2.18. The Morgan fingerprint density at radius 3 is 3.20 bits per heavy atom. The second kappa shape index (κ2) is 4.45. The number of nitrogens with one attached hydrogen (secondary N) is 1. The van der Waals surface area contributed by atoms with Crippen LogP contribution in [0.25, 0.3) is 0 Å². The highest BCUT2D eigenvalue weighted by Crippen LogP contribution is 2.23. The van der Waals surface area contributed by atoms with Crippen LogP contribution in [0.2, 0.25) is 0 Å². The Labute approximate surface area is 89.5 Å². The summed E-state index contributed by atoms with van der Waals surface area (Å²) < 4.78 is 4.74. The second-order valence-corrected chi connectivity index (χ2v) is 3.78. The Kier molecular flexibility index (Phi) is 3.02. The molecule has 80 valence electrons. The van der Waals surface area contributed by atoms with E-state index in [0.717, 1.165) is 19.4 Å². The van der Waals surface area contributed by atoms with Gasteiger partial charge in [-0.3, -0.25) is 4.79 Å². The third-order valence-electron chi connectivity index (χ3n) is 2.83. The second-order valence-electron chi connectivity index (χ2n) is 3.78. The van der Waals surface area contributed by atoms with Crippen molar-refractivity contribution in [1.29, 1.82) is 0 Å². The van der Waals surface area contributed by atoms with Crippen LogP contribution in [-0.4, -0.2) is 25.7 Å². The van der Waals surface area contributed by atoms with Crippen molar-refractivity contribution in [1.82, 2.24) is 5.32 Å². The first kappa shape index (κ1) is 10.2. The Balaban J connectivity index is 2.13. The molecule has 1 aliphatic carbocycles. The van der Waals surface area contributed by atoms with Crippen LogP contribution in [0.4, 0.5) is 0 Å². The topological polar surface area (TPSA) is 38.3 Å². The van der Waals surface area contributed by atoms with Gasteiger partial charge in [0.1, 0.15) is 6.04 Å². The zero-order valence-electron chi connectivity index (χ0n) is 8.82. The van der Waals surface area contributed by atoms with Gasteiger partial charge >= 0.3 is 5.97 Å². The summed E-state index contributed by atoms with van der Waals surface area (Å²) in [6.45, 7) is 0.782. The summed E-state index contributed by atoms with van der Waals surface area (Å²) in [5.41, 5.74) is 2.65. The van der Waals surface area contributed by atoms with E-state index in [0.29, 0.717) is 0 Å². The number of esters is 1. The van der Waals surface area contributed by atoms with Crippen molar-refractivity contribution >= 4 is 5.97 Å². The fraction of sp³-hybridized carbons (Fsp3) is 0.417. The SMILES string of the molecule is COC(=O)C1CC2=C(CC=CC=C2)CN1. The first-order chi connectivity index (χ1) is 7.31. The van der Waals surface area contributed by atoms with Crippen molar-refractivity contribution in [2.45, 2.75) is 18.9 Å². The normalized spacial score (nSPS) is 24.7. The molecule has 2 rings (SSSR count). The summed E-state index contributed by atoms with van der Waals surface area (Å²) in [4.78, 5) is 11.4.